The molecule has 2 aromatic rings. The maximum absolute atomic E-state index is 11.3. The molecule has 0 amide bonds. The SMILES string of the molecule is CCCC(CC(=O)O)Nc1ccc2scnc2c1[N+](=O)[O-]. The van der Waals surface area contributed by atoms with E-state index in [2.05, 4.69) is 10.3 Å². The summed E-state index contributed by atoms with van der Waals surface area (Å²) < 4.78 is 0.734. The van der Waals surface area contributed by atoms with Crippen LogP contribution in [0.15, 0.2) is 17.6 Å². The molecular formula is C13H15N3O4S. The zero-order valence-electron chi connectivity index (χ0n) is 11.4. The van der Waals surface area contributed by atoms with Crippen molar-refractivity contribution in [3.8, 4) is 0 Å². The van der Waals surface area contributed by atoms with Crippen molar-refractivity contribution in [2.24, 2.45) is 0 Å². The Morgan fingerprint density at radius 2 is 2.33 bits per heavy atom. The largest absolute Gasteiger partial charge is 0.481 e. The van der Waals surface area contributed by atoms with E-state index in [-0.39, 0.29) is 18.2 Å². The topological polar surface area (TPSA) is 105 Å². The molecule has 1 aromatic heterocycles. The summed E-state index contributed by atoms with van der Waals surface area (Å²) in [7, 11) is 0. The summed E-state index contributed by atoms with van der Waals surface area (Å²) in [4.78, 5) is 25.7. The van der Waals surface area contributed by atoms with Crippen LogP contribution >= 0.6 is 11.3 Å². The van der Waals surface area contributed by atoms with E-state index in [0.29, 0.717) is 17.6 Å². The first-order valence-electron chi connectivity index (χ1n) is 6.51. The van der Waals surface area contributed by atoms with E-state index in [9.17, 15) is 14.9 Å². The summed E-state index contributed by atoms with van der Waals surface area (Å²) in [5.41, 5.74) is 2.11. The van der Waals surface area contributed by atoms with Crippen LogP contribution < -0.4 is 5.32 Å². The van der Waals surface area contributed by atoms with E-state index in [1.807, 2.05) is 6.92 Å². The number of aliphatic carboxylic acids is 1. The molecule has 2 rings (SSSR count). The van der Waals surface area contributed by atoms with Crippen LogP contribution in [0.3, 0.4) is 0 Å². The molecule has 2 N–H and O–H groups in total. The Morgan fingerprint density at radius 1 is 1.57 bits per heavy atom. The lowest BCUT2D eigenvalue weighted by atomic mass is 10.1. The Labute approximate surface area is 124 Å². The summed E-state index contributed by atoms with van der Waals surface area (Å²) in [6.45, 7) is 1.94. The predicted molar refractivity (Wildman–Crippen MR) is 80.8 cm³/mol. The Balaban J connectivity index is 2.37. The lowest BCUT2D eigenvalue weighted by Gasteiger charge is -2.17. The van der Waals surface area contributed by atoms with Gasteiger partial charge >= 0.3 is 11.7 Å². The Morgan fingerprint density at radius 3 is 2.95 bits per heavy atom. The van der Waals surface area contributed by atoms with E-state index >= 15 is 0 Å². The molecule has 7 nitrogen and oxygen atoms in total. The minimum absolute atomic E-state index is 0.0832. The first kappa shape index (κ1) is 15.2. The molecule has 0 aliphatic heterocycles. The normalized spacial score (nSPS) is 12.2. The van der Waals surface area contributed by atoms with E-state index in [1.54, 1.807) is 17.6 Å². The van der Waals surface area contributed by atoms with E-state index in [1.165, 1.54) is 11.3 Å². The summed E-state index contributed by atoms with van der Waals surface area (Å²) in [5.74, 6) is -0.932. The van der Waals surface area contributed by atoms with Gasteiger partial charge in [-0.25, -0.2) is 4.98 Å². The number of nitrogens with zero attached hydrogens (tertiary/aromatic N) is 2. The highest BCUT2D eigenvalue weighted by atomic mass is 32.1. The van der Waals surface area contributed by atoms with Gasteiger partial charge in [-0.2, -0.15) is 0 Å². The smallest absolute Gasteiger partial charge is 0.319 e. The molecule has 0 saturated heterocycles. The van der Waals surface area contributed by atoms with E-state index in [4.69, 9.17) is 5.11 Å². The molecule has 21 heavy (non-hydrogen) atoms. The predicted octanol–water partition coefficient (Wildman–Crippen LogP) is 3.26. The summed E-state index contributed by atoms with van der Waals surface area (Å²) in [5, 5.41) is 23.2. The van der Waals surface area contributed by atoms with Gasteiger partial charge in [-0.05, 0) is 18.6 Å². The second-order valence-electron chi connectivity index (χ2n) is 4.65. The lowest BCUT2D eigenvalue weighted by Crippen LogP contribution is -2.23. The zero-order valence-corrected chi connectivity index (χ0v) is 12.2. The van der Waals surface area contributed by atoms with Crippen molar-refractivity contribution in [2.75, 3.05) is 5.32 Å². The van der Waals surface area contributed by atoms with Crippen molar-refractivity contribution in [3.05, 3.63) is 27.8 Å². The number of hydrogen-bond donors (Lipinski definition) is 2. The molecule has 1 aromatic carbocycles. The Bertz CT molecular complexity index is 670. The van der Waals surface area contributed by atoms with Gasteiger partial charge < -0.3 is 10.4 Å². The van der Waals surface area contributed by atoms with Gasteiger partial charge in [-0.3, -0.25) is 14.9 Å². The molecule has 1 atom stereocenters. The quantitative estimate of drug-likeness (QED) is 0.600. The monoisotopic (exact) mass is 309 g/mol. The van der Waals surface area contributed by atoms with Gasteiger partial charge in [0.05, 0.1) is 21.6 Å². The fourth-order valence-electron chi connectivity index (χ4n) is 2.22. The molecule has 0 bridgehead atoms. The fraction of sp³-hybridized carbons (Fsp3) is 0.385. The highest BCUT2D eigenvalue weighted by Gasteiger charge is 2.23. The third-order valence-corrected chi connectivity index (χ3v) is 3.87. The number of nitrogens with one attached hydrogen (secondary N) is 1. The number of hydrogen-bond acceptors (Lipinski definition) is 6. The number of carbonyl (C=O) groups is 1. The third kappa shape index (κ3) is 3.46. The van der Waals surface area contributed by atoms with Crippen molar-refractivity contribution in [2.45, 2.75) is 32.2 Å². The maximum atomic E-state index is 11.3. The van der Waals surface area contributed by atoms with Crippen molar-refractivity contribution in [1.29, 1.82) is 0 Å². The van der Waals surface area contributed by atoms with Gasteiger partial charge in [-0.15, -0.1) is 11.3 Å². The standard InChI is InChI=1S/C13H15N3O4S/c1-2-3-8(6-11(17)18)15-9-4-5-10-12(14-7-21-10)13(9)16(19)20/h4-5,7-8,15H,2-3,6H2,1H3,(H,17,18). The zero-order chi connectivity index (χ0) is 15.4. The second-order valence-corrected chi connectivity index (χ2v) is 5.53. The third-order valence-electron chi connectivity index (χ3n) is 3.08. The molecule has 0 fully saturated rings. The molecule has 112 valence electrons. The van der Waals surface area contributed by atoms with Gasteiger partial charge in [0.15, 0.2) is 5.52 Å². The minimum Gasteiger partial charge on any atom is -0.481 e. The number of thiazole rings is 1. The fourth-order valence-corrected chi connectivity index (χ4v) is 2.90. The molecule has 0 saturated carbocycles. The first-order valence-corrected chi connectivity index (χ1v) is 7.39. The number of aromatic nitrogens is 1. The van der Waals surface area contributed by atoms with Gasteiger partial charge in [-0.1, -0.05) is 13.3 Å². The van der Waals surface area contributed by atoms with Crippen molar-refractivity contribution in [1.82, 2.24) is 4.98 Å². The van der Waals surface area contributed by atoms with Crippen molar-refractivity contribution < 1.29 is 14.8 Å². The van der Waals surface area contributed by atoms with Crippen LogP contribution in [0, 0.1) is 10.1 Å². The minimum atomic E-state index is -0.932. The van der Waals surface area contributed by atoms with Crippen LogP contribution in [0.5, 0.6) is 0 Å². The number of fused-ring (bicyclic) bond motifs is 1. The summed E-state index contributed by atoms with van der Waals surface area (Å²) in [6.07, 6.45) is 1.33. The van der Waals surface area contributed by atoms with Crippen molar-refractivity contribution in [3.63, 3.8) is 0 Å². The molecule has 0 radical (unpaired) electrons. The molecule has 1 unspecified atom stereocenters. The summed E-state index contributed by atoms with van der Waals surface area (Å²) >= 11 is 1.33. The number of benzene rings is 1. The maximum Gasteiger partial charge on any atom is 0.319 e. The van der Waals surface area contributed by atoms with Crippen LogP contribution in [0.4, 0.5) is 11.4 Å². The molecule has 1 heterocycles. The molecule has 0 aliphatic carbocycles. The van der Waals surface area contributed by atoms with E-state index < -0.39 is 10.9 Å². The Hall–Kier alpha value is -2.22. The highest BCUT2D eigenvalue weighted by molar-refractivity contribution is 7.16. The van der Waals surface area contributed by atoms with Gasteiger partial charge in [0, 0.05) is 6.04 Å². The average Bonchev–Trinajstić information content (AvgIpc) is 2.85. The van der Waals surface area contributed by atoms with Crippen LogP contribution in [0.25, 0.3) is 10.2 Å². The van der Waals surface area contributed by atoms with Gasteiger partial charge in [0.25, 0.3) is 0 Å². The number of nitro benzene ring substituents is 1. The first-order chi connectivity index (χ1) is 10.0. The lowest BCUT2D eigenvalue weighted by molar-refractivity contribution is -0.382. The summed E-state index contributed by atoms with van der Waals surface area (Å²) in [6, 6.07) is 3.03. The molecule has 0 aliphatic rings. The number of nitro groups is 1. The molecule has 0 spiro atoms. The second kappa shape index (κ2) is 6.49. The van der Waals surface area contributed by atoms with E-state index in [0.717, 1.165) is 11.1 Å². The van der Waals surface area contributed by atoms with Crippen molar-refractivity contribution >= 4 is 38.9 Å². The van der Waals surface area contributed by atoms with Gasteiger partial charge in [0.2, 0.25) is 0 Å². The highest BCUT2D eigenvalue weighted by Crippen LogP contribution is 2.35. The number of anilines is 1. The van der Waals surface area contributed by atoms with Crippen LogP contribution in [0.2, 0.25) is 0 Å². The molecular weight excluding hydrogens is 294 g/mol. The van der Waals surface area contributed by atoms with Crippen LogP contribution in [-0.2, 0) is 4.79 Å². The Kier molecular flexibility index (Phi) is 4.69. The average molecular weight is 309 g/mol. The van der Waals surface area contributed by atoms with Crippen LogP contribution in [0.1, 0.15) is 26.2 Å². The number of rotatable bonds is 7. The van der Waals surface area contributed by atoms with Gasteiger partial charge in [0.1, 0.15) is 5.69 Å². The van der Waals surface area contributed by atoms with Crippen LogP contribution in [-0.4, -0.2) is 27.0 Å². The number of carboxylic acid groups (broad SMARTS) is 1. The number of carboxylic acids is 1. The molecule has 8 heteroatoms.